The van der Waals surface area contributed by atoms with E-state index in [1.54, 1.807) is 24.3 Å². The monoisotopic (exact) mass is 859 g/mol. The molecule has 0 bridgehead atoms. The first-order valence-corrected chi connectivity index (χ1v) is 22.7. The summed E-state index contributed by atoms with van der Waals surface area (Å²) in [6, 6.07) is 42.7. The van der Waals surface area contributed by atoms with Crippen molar-refractivity contribution in [2.24, 2.45) is 0 Å². The smallest absolute Gasteiger partial charge is 0.510 e. The van der Waals surface area contributed by atoms with Crippen LogP contribution in [0.15, 0.2) is 120 Å². The second-order valence-corrected chi connectivity index (χ2v) is 23.1. The summed E-state index contributed by atoms with van der Waals surface area (Å²) >= 11 is -2.14. The standard InChI is InChI=1S/C25H16O.C18H24GeN.Ir/c1-2-8-18(9-3-1)16-19-10-6-11-20(17-19)21-13-7-14-23-22-12-4-5-15-24(22)26-25(21)23;1-13(2)16-11-18(15-9-7-14(3)8-10-15)20-12-17(16)19(4,5)6;/h1-10,12,14-15,17H,16H2;7-9,11-13H,1-6H3;/q-2;-1;+3/i16D2;3D3,13D;. The second kappa shape index (κ2) is 15.0. The Morgan fingerprint density at radius 2 is 1.60 bits per heavy atom. The first-order chi connectivity index (χ1) is 24.4. The number of pyridine rings is 1. The van der Waals surface area contributed by atoms with E-state index in [1.165, 1.54) is 10.5 Å². The van der Waals surface area contributed by atoms with Crippen molar-refractivity contribution in [1.29, 1.82) is 0 Å². The Morgan fingerprint density at radius 1 is 0.830 bits per heavy atom. The summed E-state index contributed by atoms with van der Waals surface area (Å²) in [5, 5.41) is 2.08. The van der Waals surface area contributed by atoms with Crippen molar-refractivity contribution in [3.8, 4) is 22.4 Å². The zero-order valence-electron chi connectivity index (χ0n) is 33.2. The molecule has 7 aromatic rings. The van der Waals surface area contributed by atoms with Crippen LogP contribution in [0.1, 0.15) is 50.2 Å². The van der Waals surface area contributed by atoms with Gasteiger partial charge >= 0.3 is 151 Å². The number of para-hydroxylation sites is 1. The Kier molecular flexibility index (Phi) is 8.68. The van der Waals surface area contributed by atoms with E-state index < -0.39 is 32.4 Å². The van der Waals surface area contributed by atoms with Crippen LogP contribution in [0.3, 0.4) is 0 Å². The molecule has 0 saturated heterocycles. The molecule has 0 aliphatic carbocycles. The van der Waals surface area contributed by atoms with Crippen LogP contribution < -0.4 is 4.40 Å². The molecule has 5 aromatic carbocycles. The van der Waals surface area contributed by atoms with Gasteiger partial charge in [0.05, 0.1) is 0 Å². The van der Waals surface area contributed by atoms with Crippen molar-refractivity contribution >= 4 is 39.6 Å². The van der Waals surface area contributed by atoms with Gasteiger partial charge in [-0.25, -0.2) is 5.56 Å². The molecule has 0 radical (unpaired) electrons. The maximum Gasteiger partial charge on any atom is 3.00 e. The van der Waals surface area contributed by atoms with Crippen molar-refractivity contribution in [2.75, 3.05) is 0 Å². The molecule has 0 amide bonds. The van der Waals surface area contributed by atoms with Crippen molar-refractivity contribution in [3.05, 3.63) is 156 Å². The Morgan fingerprint density at radius 3 is 2.32 bits per heavy atom. The third kappa shape index (κ3) is 8.04. The van der Waals surface area contributed by atoms with E-state index in [2.05, 4.69) is 40.5 Å². The minimum absolute atomic E-state index is 0. The molecule has 2 aromatic heterocycles. The fraction of sp³-hybridized carbons (Fsp3) is 0.186. The molecule has 0 fully saturated rings. The molecule has 0 saturated carbocycles. The van der Waals surface area contributed by atoms with Crippen molar-refractivity contribution < 1.29 is 32.7 Å². The Bertz CT molecular complexity index is 2340. The van der Waals surface area contributed by atoms with E-state index in [4.69, 9.17) is 12.6 Å². The predicted octanol–water partition coefficient (Wildman–Crippen LogP) is 11.0. The van der Waals surface area contributed by atoms with Gasteiger partial charge in [0.25, 0.3) is 0 Å². The van der Waals surface area contributed by atoms with Crippen LogP contribution in [0.4, 0.5) is 0 Å². The van der Waals surface area contributed by atoms with E-state index in [0.29, 0.717) is 11.1 Å². The summed E-state index contributed by atoms with van der Waals surface area (Å²) in [7, 11) is 0. The summed E-state index contributed by atoms with van der Waals surface area (Å²) in [4.78, 5) is 4.57. The average molecular weight is 858 g/mol. The van der Waals surface area contributed by atoms with Crippen LogP contribution in [0, 0.1) is 25.1 Å². The molecule has 4 heteroatoms. The van der Waals surface area contributed by atoms with Gasteiger partial charge in [-0.15, -0.1) is 17.7 Å². The van der Waals surface area contributed by atoms with Gasteiger partial charge in [-0.05, 0) is 18.0 Å². The second-order valence-electron chi connectivity index (χ2n) is 12.5. The predicted molar refractivity (Wildman–Crippen MR) is 196 cm³/mol. The number of hydrogen-bond donors (Lipinski definition) is 0. The summed E-state index contributed by atoms with van der Waals surface area (Å²) < 4.78 is 55.4. The molecule has 0 aliphatic rings. The van der Waals surface area contributed by atoms with Gasteiger partial charge < -0.3 is 4.42 Å². The van der Waals surface area contributed by atoms with Crippen LogP contribution in [-0.2, 0) is 26.5 Å². The van der Waals surface area contributed by atoms with E-state index in [-0.39, 0.29) is 25.7 Å². The van der Waals surface area contributed by atoms with Gasteiger partial charge in [0.15, 0.2) is 0 Å². The summed E-state index contributed by atoms with van der Waals surface area (Å²) in [5.41, 5.74) is 7.10. The fourth-order valence-electron chi connectivity index (χ4n) is 5.47. The first-order valence-electron chi connectivity index (χ1n) is 18.4. The third-order valence-electron chi connectivity index (χ3n) is 7.81. The Hall–Kier alpha value is -3.76. The summed E-state index contributed by atoms with van der Waals surface area (Å²) in [5.74, 6) is 6.18. The van der Waals surface area contributed by atoms with Gasteiger partial charge in [-0.2, -0.15) is 35.9 Å². The first kappa shape index (κ1) is 27.2. The topological polar surface area (TPSA) is 26.0 Å². The van der Waals surface area contributed by atoms with Gasteiger partial charge in [0.2, 0.25) is 0 Å². The summed E-state index contributed by atoms with van der Waals surface area (Å²) in [6.45, 7) is 1.66. The molecule has 2 nitrogen and oxygen atoms in total. The van der Waals surface area contributed by atoms with Crippen LogP contribution in [0.25, 0.3) is 44.3 Å². The van der Waals surface area contributed by atoms with E-state index in [1.807, 2.05) is 98.9 Å². The van der Waals surface area contributed by atoms with Crippen LogP contribution >= 0.6 is 0 Å². The maximum atomic E-state index is 8.64. The number of nitrogens with zero attached hydrogens (tertiary/aromatic N) is 1. The largest absolute Gasteiger partial charge is 3.00 e. The van der Waals surface area contributed by atoms with E-state index in [9.17, 15) is 0 Å². The molecule has 0 spiro atoms. The SMILES string of the molecule is [2H]C([2H])([2H])c1c[c-]c(-c2cc(C([2H])(C)C)[c]([Ge]([CH3])([CH3])[CH3])cn2)cc1.[2H]C([2H])(c1ccccc1)c1cc[c-]c(-c2[c-]ccc3c2oc2ccccc23)c1.[Ir+3]. The third-order valence-corrected chi connectivity index (χ3v) is 12.0. The van der Waals surface area contributed by atoms with Gasteiger partial charge in [0, 0.05) is 13.7 Å². The minimum atomic E-state index is -2.14. The number of rotatable bonds is 6. The fourth-order valence-corrected chi connectivity index (χ4v) is 8.78. The number of aryl methyl sites for hydroxylation is 1. The number of aromatic nitrogens is 1. The Labute approximate surface area is 304 Å². The van der Waals surface area contributed by atoms with Gasteiger partial charge in [0.1, 0.15) is 5.58 Å². The van der Waals surface area contributed by atoms with Crippen molar-refractivity contribution in [2.45, 2.75) is 50.2 Å². The van der Waals surface area contributed by atoms with E-state index in [0.717, 1.165) is 49.9 Å². The van der Waals surface area contributed by atoms with Crippen LogP contribution in [0.5, 0.6) is 0 Å². The zero-order valence-corrected chi connectivity index (χ0v) is 31.7. The van der Waals surface area contributed by atoms with Gasteiger partial charge in [-0.3, -0.25) is 0 Å². The molecule has 7 rings (SSSR count). The van der Waals surface area contributed by atoms with Crippen LogP contribution in [-0.4, -0.2) is 18.3 Å². The molecule has 0 unspecified atom stereocenters. The van der Waals surface area contributed by atoms with Crippen LogP contribution in [0.2, 0.25) is 17.3 Å². The molecule has 2 heterocycles. The molecule has 0 atom stereocenters. The summed E-state index contributed by atoms with van der Waals surface area (Å²) in [6.07, 6.45) is 0.305. The normalized spacial score (nSPS) is 14.0. The van der Waals surface area contributed by atoms with Crippen molar-refractivity contribution in [3.63, 3.8) is 0 Å². The number of hydrogen-bond acceptors (Lipinski definition) is 2. The average Bonchev–Trinajstić information content (AvgIpc) is 3.50. The minimum Gasteiger partial charge on any atom is -0.510 e. The maximum absolute atomic E-state index is 8.64. The van der Waals surface area contributed by atoms with E-state index >= 15 is 0 Å². The van der Waals surface area contributed by atoms with Crippen molar-refractivity contribution in [1.82, 2.24) is 4.98 Å². The zero-order chi connectivity index (χ0) is 37.5. The molecule has 0 aliphatic heterocycles. The molecule has 47 heavy (non-hydrogen) atoms. The number of fused-ring (bicyclic) bond motifs is 3. The molecule has 236 valence electrons. The quantitative estimate of drug-likeness (QED) is 0.123. The number of furan rings is 1. The van der Waals surface area contributed by atoms with Gasteiger partial charge in [-0.1, -0.05) is 53.9 Å². The number of benzene rings is 5. The molecular formula is C43H40GeIrNO. The Balaban J connectivity index is 0.000000203. The molecular weight excluding hydrogens is 811 g/mol. The molecule has 0 N–H and O–H groups in total.